The maximum atomic E-state index is 13.2. The topological polar surface area (TPSA) is 175 Å². The number of hydrogen-bond donors (Lipinski definition) is 5. The Morgan fingerprint density at radius 1 is 1.00 bits per heavy atom. The summed E-state index contributed by atoms with van der Waals surface area (Å²) in [5.41, 5.74) is 2.43. The van der Waals surface area contributed by atoms with E-state index in [1.807, 2.05) is 12.1 Å². The molecule has 1 unspecified atom stereocenters. The van der Waals surface area contributed by atoms with Crippen LogP contribution in [0.4, 0.5) is 0 Å². The van der Waals surface area contributed by atoms with Gasteiger partial charge in [0, 0.05) is 31.4 Å². The molecule has 13 heteroatoms. The van der Waals surface area contributed by atoms with Crippen LogP contribution in [0.15, 0.2) is 42.5 Å². The molecule has 0 saturated heterocycles. The summed E-state index contributed by atoms with van der Waals surface area (Å²) in [4.78, 5) is 42.1. The number of sulfone groups is 1. The smallest absolute Gasteiger partial charge is 0.251 e. The highest BCUT2D eigenvalue weighted by Gasteiger charge is 2.37. The molecule has 3 aromatic rings. The maximum absolute atomic E-state index is 13.2. The van der Waals surface area contributed by atoms with Gasteiger partial charge in [0.2, 0.25) is 11.8 Å². The number of aromatic nitrogens is 1. The predicted molar refractivity (Wildman–Crippen MR) is 151 cm³/mol. The van der Waals surface area contributed by atoms with E-state index in [1.54, 1.807) is 30.3 Å². The maximum Gasteiger partial charge on any atom is 0.251 e. The van der Waals surface area contributed by atoms with Crippen LogP contribution < -0.4 is 16.0 Å². The molecule has 0 spiro atoms. The summed E-state index contributed by atoms with van der Waals surface area (Å²) in [5.74, 6) is -1.91. The summed E-state index contributed by atoms with van der Waals surface area (Å²) in [6.07, 6.45) is 2.19. The molecule has 5 N–H and O–H groups in total. The third-order valence-electron chi connectivity index (χ3n) is 6.26. The van der Waals surface area contributed by atoms with Crippen LogP contribution in [-0.2, 0) is 19.4 Å². The van der Waals surface area contributed by atoms with Crippen molar-refractivity contribution in [3.63, 3.8) is 0 Å². The molecule has 0 aliphatic heterocycles. The first-order valence-corrected chi connectivity index (χ1v) is 15.5. The van der Waals surface area contributed by atoms with Crippen molar-refractivity contribution in [2.45, 2.75) is 37.0 Å². The molecule has 1 saturated carbocycles. The standard InChI is InChI=1S/C27H32N4O7S2/c32-11-2-10-28-25(35)19-5-1-4-17(14-19)18-6-9-22-21(15-18)31-27(39-22)24(40(37,38)13-3-12-33)26(36)29-16-23(34)30-20-7-8-20/h1,4-6,9,14-15,20,24,32-33H,2-3,7-8,10-13,16H2,(H,28,35)(H,29,36)(H,30,34). The molecule has 1 fully saturated rings. The van der Waals surface area contributed by atoms with Crippen LogP contribution in [0.3, 0.4) is 0 Å². The van der Waals surface area contributed by atoms with Gasteiger partial charge in [0.05, 0.1) is 22.5 Å². The number of nitrogens with zero attached hydrogens (tertiary/aromatic N) is 1. The second kappa shape index (κ2) is 13.3. The number of rotatable bonds is 14. The highest BCUT2D eigenvalue weighted by molar-refractivity contribution is 7.92. The summed E-state index contributed by atoms with van der Waals surface area (Å²) >= 11 is 1.07. The molecule has 2 aromatic carbocycles. The second-order valence-corrected chi connectivity index (χ2v) is 12.8. The lowest BCUT2D eigenvalue weighted by Gasteiger charge is -2.15. The van der Waals surface area contributed by atoms with E-state index >= 15 is 0 Å². The number of thiazole rings is 1. The molecule has 1 aliphatic carbocycles. The lowest BCUT2D eigenvalue weighted by atomic mass is 10.0. The molecule has 40 heavy (non-hydrogen) atoms. The molecule has 0 bridgehead atoms. The lowest BCUT2D eigenvalue weighted by molar-refractivity contribution is -0.126. The second-order valence-electron chi connectivity index (χ2n) is 9.53. The Morgan fingerprint density at radius 3 is 2.48 bits per heavy atom. The molecule has 1 heterocycles. The fourth-order valence-electron chi connectivity index (χ4n) is 4.04. The van der Waals surface area contributed by atoms with Crippen LogP contribution in [0.25, 0.3) is 21.3 Å². The Morgan fingerprint density at radius 2 is 1.75 bits per heavy atom. The van der Waals surface area contributed by atoms with Gasteiger partial charge in [-0.15, -0.1) is 11.3 Å². The van der Waals surface area contributed by atoms with Gasteiger partial charge in [-0.05, 0) is 61.1 Å². The summed E-state index contributed by atoms with van der Waals surface area (Å²) in [6, 6.07) is 12.5. The van der Waals surface area contributed by atoms with E-state index in [2.05, 4.69) is 20.9 Å². The molecular weight excluding hydrogens is 556 g/mol. The van der Waals surface area contributed by atoms with Crippen molar-refractivity contribution in [1.82, 2.24) is 20.9 Å². The number of carbonyl (C=O) groups is 3. The van der Waals surface area contributed by atoms with Crippen molar-refractivity contribution in [2.24, 2.45) is 0 Å². The SMILES string of the molecule is O=C(CNC(=O)C(c1nc2cc(-c3cccc(C(=O)NCCCO)c3)ccc2s1)S(=O)(=O)CCCO)NC1CC1. The van der Waals surface area contributed by atoms with Gasteiger partial charge < -0.3 is 26.2 Å². The lowest BCUT2D eigenvalue weighted by Crippen LogP contribution is -2.41. The van der Waals surface area contributed by atoms with Gasteiger partial charge in [0.15, 0.2) is 15.1 Å². The summed E-state index contributed by atoms with van der Waals surface area (Å²) in [5, 5.41) is 24.5. The summed E-state index contributed by atoms with van der Waals surface area (Å²) < 4.78 is 27.0. The largest absolute Gasteiger partial charge is 0.396 e. The molecule has 214 valence electrons. The summed E-state index contributed by atoms with van der Waals surface area (Å²) in [7, 11) is -4.05. The van der Waals surface area contributed by atoms with E-state index in [4.69, 9.17) is 5.11 Å². The molecule has 1 aliphatic rings. The zero-order valence-electron chi connectivity index (χ0n) is 21.8. The molecule has 0 radical (unpaired) electrons. The van der Waals surface area contributed by atoms with Crippen molar-refractivity contribution in [1.29, 1.82) is 0 Å². The number of fused-ring (bicyclic) bond motifs is 1. The quantitative estimate of drug-likeness (QED) is 0.175. The monoisotopic (exact) mass is 588 g/mol. The van der Waals surface area contributed by atoms with Crippen molar-refractivity contribution in [3.8, 4) is 11.1 Å². The van der Waals surface area contributed by atoms with Gasteiger partial charge >= 0.3 is 0 Å². The molecule has 3 amide bonds. The van der Waals surface area contributed by atoms with Crippen LogP contribution in [0.5, 0.6) is 0 Å². The number of amides is 3. The van der Waals surface area contributed by atoms with E-state index in [9.17, 15) is 27.9 Å². The minimum atomic E-state index is -4.05. The van der Waals surface area contributed by atoms with Gasteiger partial charge in [-0.2, -0.15) is 0 Å². The number of nitrogens with one attached hydrogen (secondary N) is 3. The minimum Gasteiger partial charge on any atom is -0.396 e. The van der Waals surface area contributed by atoms with Gasteiger partial charge in [-0.3, -0.25) is 14.4 Å². The number of benzene rings is 2. The van der Waals surface area contributed by atoms with Crippen LogP contribution in [0, 0.1) is 0 Å². The number of aliphatic hydroxyl groups excluding tert-OH is 2. The van der Waals surface area contributed by atoms with E-state index < -0.39 is 26.7 Å². The fourth-order valence-corrected chi connectivity index (χ4v) is 7.09. The predicted octanol–water partition coefficient (Wildman–Crippen LogP) is 1.31. The molecule has 1 aromatic heterocycles. The first kappa shape index (κ1) is 29.6. The van der Waals surface area contributed by atoms with Crippen molar-refractivity contribution < 1.29 is 33.0 Å². The van der Waals surface area contributed by atoms with Crippen LogP contribution >= 0.6 is 11.3 Å². The average Bonchev–Trinajstić information content (AvgIpc) is 3.66. The molecule has 1 atom stereocenters. The zero-order chi connectivity index (χ0) is 28.7. The van der Waals surface area contributed by atoms with E-state index in [0.717, 1.165) is 35.3 Å². The van der Waals surface area contributed by atoms with Crippen LogP contribution in [-0.4, -0.2) is 79.4 Å². The van der Waals surface area contributed by atoms with Crippen molar-refractivity contribution in [3.05, 3.63) is 53.0 Å². The number of aliphatic hydroxyl groups is 2. The summed E-state index contributed by atoms with van der Waals surface area (Å²) in [6.45, 7) is -0.357. The fraction of sp³-hybridized carbons (Fsp3) is 0.407. The minimum absolute atomic E-state index is 0.0169. The third-order valence-corrected chi connectivity index (χ3v) is 9.52. The van der Waals surface area contributed by atoms with Crippen LogP contribution in [0.1, 0.15) is 46.3 Å². The number of carbonyl (C=O) groups excluding carboxylic acids is 3. The Bertz CT molecular complexity index is 1490. The third kappa shape index (κ3) is 7.62. The molecule has 4 rings (SSSR count). The van der Waals surface area contributed by atoms with Gasteiger partial charge in [-0.1, -0.05) is 18.2 Å². The number of hydrogen-bond acceptors (Lipinski definition) is 9. The average molecular weight is 589 g/mol. The van der Waals surface area contributed by atoms with Gasteiger partial charge in [0.25, 0.3) is 5.91 Å². The van der Waals surface area contributed by atoms with Crippen molar-refractivity contribution in [2.75, 3.05) is 32.1 Å². The first-order valence-electron chi connectivity index (χ1n) is 13.0. The molecular formula is C27H32N4O7S2. The van der Waals surface area contributed by atoms with E-state index in [1.165, 1.54) is 0 Å². The van der Waals surface area contributed by atoms with E-state index in [0.29, 0.717) is 28.7 Å². The highest BCUT2D eigenvalue weighted by Crippen LogP contribution is 2.34. The Labute approximate surface area is 235 Å². The zero-order valence-corrected chi connectivity index (χ0v) is 23.4. The first-order chi connectivity index (χ1) is 19.2. The Balaban J connectivity index is 1.59. The van der Waals surface area contributed by atoms with Crippen molar-refractivity contribution >= 4 is 49.1 Å². The van der Waals surface area contributed by atoms with E-state index in [-0.39, 0.29) is 49.0 Å². The Hall–Kier alpha value is -3.39. The highest BCUT2D eigenvalue weighted by atomic mass is 32.2. The Kier molecular flexibility index (Phi) is 9.85. The van der Waals surface area contributed by atoms with Gasteiger partial charge in [0.1, 0.15) is 5.01 Å². The van der Waals surface area contributed by atoms with Gasteiger partial charge in [-0.25, -0.2) is 13.4 Å². The molecule has 11 nitrogen and oxygen atoms in total. The van der Waals surface area contributed by atoms with Crippen LogP contribution in [0.2, 0.25) is 0 Å². The normalized spacial score (nSPS) is 14.1.